The maximum absolute atomic E-state index is 12.1. The molecule has 21 heavy (non-hydrogen) atoms. The van der Waals surface area contributed by atoms with Crippen LogP contribution in [-0.2, 0) is 9.53 Å². The van der Waals surface area contributed by atoms with E-state index in [0.717, 1.165) is 37.7 Å². The number of piperidine rings is 1. The van der Waals surface area contributed by atoms with Gasteiger partial charge >= 0.3 is 0 Å². The first-order chi connectivity index (χ1) is 10.2. The van der Waals surface area contributed by atoms with Crippen molar-refractivity contribution in [2.24, 2.45) is 16.9 Å². The standard InChI is InChI=1S/C15H22N4O2/c16-9-14(18-17)15(20)19-8-4-5-12(10-19)11-21-13-6-2-1-3-7-13/h2,6-7,9,12,16H,1,3-5,8,10-11,17H2/b16-9?,18-14+. The van der Waals surface area contributed by atoms with E-state index < -0.39 is 0 Å². The molecule has 114 valence electrons. The minimum atomic E-state index is -0.269. The molecule has 1 atom stereocenters. The summed E-state index contributed by atoms with van der Waals surface area (Å²) < 4.78 is 5.80. The molecule has 1 heterocycles. The monoisotopic (exact) mass is 290 g/mol. The summed E-state index contributed by atoms with van der Waals surface area (Å²) in [5.41, 5.74) is -0.00510. The lowest BCUT2D eigenvalue weighted by atomic mass is 9.98. The van der Waals surface area contributed by atoms with E-state index in [0.29, 0.717) is 25.6 Å². The van der Waals surface area contributed by atoms with Crippen LogP contribution in [0.15, 0.2) is 29.1 Å². The number of nitrogens with one attached hydrogen (secondary N) is 1. The van der Waals surface area contributed by atoms with Crippen LogP contribution in [0.2, 0.25) is 0 Å². The molecule has 1 amide bonds. The fraction of sp³-hybridized carbons (Fsp3) is 0.533. The van der Waals surface area contributed by atoms with E-state index in [4.69, 9.17) is 16.0 Å². The molecular formula is C15H22N4O2. The smallest absolute Gasteiger partial charge is 0.275 e. The molecule has 0 aromatic carbocycles. The first kappa shape index (κ1) is 15.3. The summed E-state index contributed by atoms with van der Waals surface area (Å²) in [6, 6.07) is 0. The van der Waals surface area contributed by atoms with Gasteiger partial charge in [-0.3, -0.25) is 4.79 Å². The molecule has 0 radical (unpaired) electrons. The summed E-state index contributed by atoms with van der Waals surface area (Å²) in [5.74, 6) is 6.10. The Hall–Kier alpha value is -2.11. The van der Waals surface area contributed by atoms with Crippen LogP contribution in [0.1, 0.15) is 25.7 Å². The lowest BCUT2D eigenvalue weighted by molar-refractivity contribution is -0.125. The SMILES string of the molecule is N=C/C(=N\N)C(=O)N1CCCC(COC2=CCCC=C2)C1. The molecule has 2 rings (SSSR count). The Labute approximate surface area is 124 Å². The van der Waals surface area contributed by atoms with Gasteiger partial charge in [-0.25, -0.2) is 0 Å². The highest BCUT2D eigenvalue weighted by Crippen LogP contribution is 2.19. The molecule has 3 N–H and O–H groups in total. The van der Waals surface area contributed by atoms with E-state index >= 15 is 0 Å². The number of amides is 1. The molecule has 6 nitrogen and oxygen atoms in total. The van der Waals surface area contributed by atoms with Crippen molar-refractivity contribution in [3.8, 4) is 0 Å². The molecule has 1 unspecified atom stereocenters. The Bertz CT molecular complexity index is 482. The zero-order valence-corrected chi connectivity index (χ0v) is 12.1. The average molecular weight is 290 g/mol. The topological polar surface area (TPSA) is 91.8 Å². The molecule has 1 saturated heterocycles. The third kappa shape index (κ3) is 4.18. The van der Waals surface area contributed by atoms with Crippen molar-refractivity contribution in [2.75, 3.05) is 19.7 Å². The molecule has 0 aromatic rings. The molecule has 1 aliphatic carbocycles. The third-order valence-corrected chi connectivity index (χ3v) is 3.75. The number of hydrogen-bond donors (Lipinski definition) is 2. The molecule has 0 saturated carbocycles. The van der Waals surface area contributed by atoms with Crippen LogP contribution in [0.3, 0.4) is 0 Å². The van der Waals surface area contributed by atoms with Gasteiger partial charge < -0.3 is 20.9 Å². The summed E-state index contributed by atoms with van der Waals surface area (Å²) in [7, 11) is 0. The van der Waals surface area contributed by atoms with Crippen LogP contribution in [-0.4, -0.2) is 42.4 Å². The largest absolute Gasteiger partial charge is 0.494 e. The van der Waals surface area contributed by atoms with E-state index in [1.165, 1.54) is 0 Å². The van der Waals surface area contributed by atoms with E-state index in [1.54, 1.807) is 4.90 Å². The minimum Gasteiger partial charge on any atom is -0.494 e. The summed E-state index contributed by atoms with van der Waals surface area (Å²) in [6.07, 6.45) is 11.2. The highest BCUT2D eigenvalue weighted by Gasteiger charge is 2.26. The van der Waals surface area contributed by atoms with Crippen molar-refractivity contribution < 1.29 is 9.53 Å². The van der Waals surface area contributed by atoms with Gasteiger partial charge in [0, 0.05) is 19.0 Å². The zero-order chi connectivity index (χ0) is 15.1. The Morgan fingerprint density at radius 3 is 3.10 bits per heavy atom. The molecule has 1 fully saturated rings. The normalized spacial score (nSPS) is 22.7. The quantitative estimate of drug-likeness (QED) is 0.456. The average Bonchev–Trinajstić information content (AvgIpc) is 2.55. The lowest BCUT2D eigenvalue weighted by Gasteiger charge is -2.32. The second kappa shape index (κ2) is 7.61. The zero-order valence-electron chi connectivity index (χ0n) is 12.1. The van der Waals surface area contributed by atoms with Crippen LogP contribution < -0.4 is 5.84 Å². The lowest BCUT2D eigenvalue weighted by Crippen LogP contribution is -2.44. The van der Waals surface area contributed by atoms with Crippen molar-refractivity contribution in [1.29, 1.82) is 5.41 Å². The number of nitrogens with zero attached hydrogens (tertiary/aromatic N) is 2. The predicted molar refractivity (Wildman–Crippen MR) is 82.1 cm³/mol. The number of hydrazone groups is 1. The van der Waals surface area contributed by atoms with Gasteiger partial charge in [-0.2, -0.15) is 5.10 Å². The van der Waals surface area contributed by atoms with E-state index in [9.17, 15) is 4.79 Å². The van der Waals surface area contributed by atoms with Crippen LogP contribution >= 0.6 is 0 Å². The number of nitrogens with two attached hydrogens (primary N) is 1. The molecular weight excluding hydrogens is 268 g/mol. The number of ether oxygens (including phenoxy) is 1. The molecule has 0 bridgehead atoms. The number of rotatable bonds is 5. The maximum Gasteiger partial charge on any atom is 0.275 e. The second-order valence-electron chi connectivity index (χ2n) is 5.32. The Morgan fingerprint density at radius 1 is 1.57 bits per heavy atom. The fourth-order valence-electron chi connectivity index (χ4n) is 2.61. The molecule has 6 heteroatoms. The summed E-state index contributed by atoms with van der Waals surface area (Å²) in [6.45, 7) is 1.92. The Balaban J connectivity index is 1.85. The minimum absolute atomic E-state index is 0.00510. The van der Waals surface area contributed by atoms with Gasteiger partial charge in [0.15, 0.2) is 5.71 Å². The van der Waals surface area contributed by atoms with Gasteiger partial charge in [0.2, 0.25) is 0 Å². The van der Waals surface area contributed by atoms with Crippen molar-refractivity contribution in [3.05, 3.63) is 24.0 Å². The van der Waals surface area contributed by atoms with Crippen LogP contribution in [0.25, 0.3) is 0 Å². The highest BCUT2D eigenvalue weighted by molar-refractivity contribution is 6.60. The van der Waals surface area contributed by atoms with E-state index in [2.05, 4.69) is 17.3 Å². The first-order valence-electron chi connectivity index (χ1n) is 7.31. The summed E-state index contributed by atoms with van der Waals surface area (Å²) in [5, 5.41) is 10.5. The number of carbonyl (C=O) groups is 1. The number of hydrogen-bond acceptors (Lipinski definition) is 5. The molecule has 0 aromatic heterocycles. The van der Waals surface area contributed by atoms with Crippen molar-refractivity contribution >= 4 is 17.8 Å². The molecule has 2 aliphatic rings. The van der Waals surface area contributed by atoms with E-state index in [1.807, 2.05) is 6.08 Å². The first-order valence-corrected chi connectivity index (χ1v) is 7.31. The number of likely N-dealkylation sites (tertiary alicyclic amines) is 1. The molecule has 0 spiro atoms. The predicted octanol–water partition coefficient (Wildman–Crippen LogP) is 1.44. The van der Waals surface area contributed by atoms with Crippen molar-refractivity contribution in [2.45, 2.75) is 25.7 Å². The second-order valence-corrected chi connectivity index (χ2v) is 5.32. The number of allylic oxidation sites excluding steroid dienone is 3. The summed E-state index contributed by atoms with van der Waals surface area (Å²) in [4.78, 5) is 13.8. The van der Waals surface area contributed by atoms with Crippen molar-refractivity contribution in [1.82, 2.24) is 4.90 Å². The van der Waals surface area contributed by atoms with Gasteiger partial charge in [-0.15, -0.1) is 0 Å². The van der Waals surface area contributed by atoms with E-state index in [-0.39, 0.29) is 11.6 Å². The van der Waals surface area contributed by atoms with Crippen LogP contribution in [0.5, 0.6) is 0 Å². The molecule has 1 aliphatic heterocycles. The fourth-order valence-corrected chi connectivity index (χ4v) is 2.61. The van der Waals surface area contributed by atoms with Gasteiger partial charge in [0.25, 0.3) is 5.91 Å². The van der Waals surface area contributed by atoms with Crippen LogP contribution in [0, 0.1) is 11.3 Å². The Morgan fingerprint density at radius 2 is 2.43 bits per heavy atom. The highest BCUT2D eigenvalue weighted by atomic mass is 16.5. The Kier molecular flexibility index (Phi) is 5.54. The van der Waals surface area contributed by atoms with Gasteiger partial charge in [-0.05, 0) is 37.8 Å². The van der Waals surface area contributed by atoms with Gasteiger partial charge in [-0.1, -0.05) is 6.08 Å². The van der Waals surface area contributed by atoms with Crippen molar-refractivity contribution in [3.63, 3.8) is 0 Å². The van der Waals surface area contributed by atoms with Crippen LogP contribution in [0.4, 0.5) is 0 Å². The summed E-state index contributed by atoms with van der Waals surface area (Å²) >= 11 is 0. The third-order valence-electron chi connectivity index (χ3n) is 3.75. The maximum atomic E-state index is 12.1. The number of carbonyl (C=O) groups excluding carboxylic acids is 1. The van der Waals surface area contributed by atoms with Gasteiger partial charge in [0.1, 0.15) is 5.76 Å². The van der Waals surface area contributed by atoms with Gasteiger partial charge in [0.05, 0.1) is 12.8 Å².